The number of para-hydroxylation sites is 1. The molecule has 42 heavy (non-hydrogen) atoms. The Hall–Kier alpha value is -4.74. The van der Waals surface area contributed by atoms with Crippen molar-refractivity contribution in [3.05, 3.63) is 90.4 Å². The third kappa shape index (κ3) is 5.56. The van der Waals surface area contributed by atoms with E-state index in [1.165, 1.54) is 11.0 Å². The van der Waals surface area contributed by atoms with Crippen molar-refractivity contribution in [3.8, 4) is 0 Å². The molecule has 4 aromatic rings. The molecule has 0 spiro atoms. The molecule has 12 heteroatoms. The van der Waals surface area contributed by atoms with Crippen LogP contribution in [0.3, 0.4) is 0 Å². The molecule has 11 nitrogen and oxygen atoms in total. The fraction of sp³-hybridized carbons (Fsp3) is 0.233. The van der Waals surface area contributed by atoms with Crippen molar-refractivity contribution in [2.45, 2.75) is 25.4 Å². The van der Waals surface area contributed by atoms with E-state index in [9.17, 15) is 9.59 Å². The monoisotopic (exact) mass is 583 g/mol. The summed E-state index contributed by atoms with van der Waals surface area (Å²) in [5, 5.41) is 10.8. The number of urea groups is 1. The summed E-state index contributed by atoms with van der Waals surface area (Å²) in [5.41, 5.74) is 3.12. The van der Waals surface area contributed by atoms with Gasteiger partial charge in [-0.1, -0.05) is 42.4 Å². The summed E-state index contributed by atoms with van der Waals surface area (Å²) in [4.78, 5) is 40.8. The van der Waals surface area contributed by atoms with Crippen LogP contribution in [0.4, 0.5) is 39.3 Å². The number of amides is 3. The van der Waals surface area contributed by atoms with Gasteiger partial charge in [-0.25, -0.2) is 14.7 Å². The number of hydrogen-bond acceptors (Lipinski definition) is 7. The summed E-state index contributed by atoms with van der Waals surface area (Å²) in [7, 11) is 2.12. The molecule has 214 valence electrons. The molecule has 0 atom stereocenters. The highest BCUT2D eigenvalue weighted by atomic mass is 35.5. The minimum Gasteiger partial charge on any atom is -0.322 e. The Labute approximate surface area is 248 Å². The molecule has 6 rings (SSSR count). The summed E-state index contributed by atoms with van der Waals surface area (Å²) in [6, 6.07) is 16.4. The van der Waals surface area contributed by atoms with Gasteiger partial charge in [0.15, 0.2) is 11.0 Å². The van der Waals surface area contributed by atoms with Gasteiger partial charge in [-0.05, 0) is 69.4 Å². The number of likely N-dealkylation sites (tertiary alicyclic amines) is 1. The molecule has 2 aliphatic heterocycles. The second-order valence-electron chi connectivity index (χ2n) is 10.3. The molecular weight excluding hydrogens is 554 g/mol. The van der Waals surface area contributed by atoms with Gasteiger partial charge >= 0.3 is 6.03 Å². The smallest absolute Gasteiger partial charge is 0.322 e. The zero-order valence-corrected chi connectivity index (χ0v) is 23.8. The lowest BCUT2D eigenvalue weighted by Crippen LogP contribution is -2.45. The number of fused-ring (bicyclic) bond motifs is 1. The van der Waals surface area contributed by atoms with Crippen molar-refractivity contribution in [3.63, 3.8) is 0 Å². The van der Waals surface area contributed by atoms with Crippen molar-refractivity contribution >= 4 is 58.1 Å². The maximum atomic E-state index is 14.0. The normalized spacial score (nSPS) is 15.8. The number of aromatic nitrogens is 4. The van der Waals surface area contributed by atoms with Gasteiger partial charge in [0.25, 0.3) is 0 Å². The molecule has 0 saturated carbocycles. The number of nitrogens with zero attached hydrogens (tertiary/aromatic N) is 7. The number of rotatable bonds is 7. The molecule has 2 aromatic heterocycles. The Bertz CT molecular complexity index is 1630. The summed E-state index contributed by atoms with van der Waals surface area (Å²) in [5.74, 6) is 0.353. The Balaban J connectivity index is 1.35. The molecule has 0 unspecified atom stereocenters. The van der Waals surface area contributed by atoms with Crippen molar-refractivity contribution in [2.75, 3.05) is 40.6 Å². The number of nitrogens with one attached hydrogen (secondary N) is 2. The van der Waals surface area contributed by atoms with Crippen LogP contribution in [0.1, 0.15) is 24.4 Å². The van der Waals surface area contributed by atoms with E-state index < -0.39 is 0 Å². The van der Waals surface area contributed by atoms with Crippen LogP contribution in [-0.4, -0.2) is 56.7 Å². The fourth-order valence-electron chi connectivity index (χ4n) is 5.19. The fourth-order valence-corrected chi connectivity index (χ4v) is 5.37. The number of anilines is 6. The molecule has 1 fully saturated rings. The molecule has 2 aromatic carbocycles. The maximum absolute atomic E-state index is 14.0. The van der Waals surface area contributed by atoms with Crippen molar-refractivity contribution in [1.82, 2.24) is 24.6 Å². The Kier molecular flexibility index (Phi) is 7.60. The minimum atomic E-state index is -0.352. The molecule has 4 heterocycles. The molecule has 3 amide bonds. The third-order valence-electron chi connectivity index (χ3n) is 7.42. The summed E-state index contributed by atoms with van der Waals surface area (Å²) >= 11 is 6.52. The number of hydrogen-bond donors (Lipinski definition) is 2. The lowest BCUT2D eigenvalue weighted by atomic mass is 10.1. The number of carbonyl (C=O) groups is 2. The first-order valence-corrected chi connectivity index (χ1v) is 14.0. The number of halogens is 1. The first kappa shape index (κ1) is 27.4. The quantitative estimate of drug-likeness (QED) is 0.267. The van der Waals surface area contributed by atoms with E-state index in [-0.39, 0.29) is 30.5 Å². The lowest BCUT2D eigenvalue weighted by molar-refractivity contribution is -0.111. The van der Waals surface area contributed by atoms with Crippen LogP contribution >= 0.6 is 11.6 Å². The van der Waals surface area contributed by atoms with Crippen LogP contribution in [0.5, 0.6) is 0 Å². The van der Waals surface area contributed by atoms with E-state index in [1.807, 2.05) is 41.2 Å². The van der Waals surface area contributed by atoms with Crippen molar-refractivity contribution in [2.24, 2.45) is 0 Å². The van der Waals surface area contributed by atoms with Crippen LogP contribution in [0, 0.1) is 0 Å². The number of benzene rings is 2. The summed E-state index contributed by atoms with van der Waals surface area (Å²) < 4.78 is 1.91. The van der Waals surface area contributed by atoms with Crippen LogP contribution in [0.15, 0.2) is 79.6 Å². The Morgan fingerprint density at radius 1 is 1.10 bits per heavy atom. The highest BCUT2D eigenvalue weighted by Gasteiger charge is 2.34. The Morgan fingerprint density at radius 3 is 2.62 bits per heavy atom. The van der Waals surface area contributed by atoms with Crippen molar-refractivity contribution in [1.29, 1.82) is 0 Å². The largest absolute Gasteiger partial charge is 0.335 e. The minimum absolute atomic E-state index is 0.268. The van der Waals surface area contributed by atoms with Gasteiger partial charge in [0.2, 0.25) is 11.9 Å². The summed E-state index contributed by atoms with van der Waals surface area (Å²) in [6.45, 7) is 5.80. The van der Waals surface area contributed by atoms with E-state index in [0.29, 0.717) is 28.0 Å². The first-order valence-electron chi connectivity index (χ1n) is 13.7. The van der Waals surface area contributed by atoms with E-state index in [1.54, 1.807) is 35.4 Å². The van der Waals surface area contributed by atoms with Crippen molar-refractivity contribution < 1.29 is 9.59 Å². The van der Waals surface area contributed by atoms with Gasteiger partial charge in [0.05, 0.1) is 30.2 Å². The maximum Gasteiger partial charge on any atom is 0.335 e. The molecule has 0 radical (unpaired) electrons. The first-order chi connectivity index (χ1) is 20.4. The van der Waals surface area contributed by atoms with Crippen LogP contribution in [-0.2, 0) is 11.3 Å². The second-order valence-corrected chi connectivity index (χ2v) is 10.7. The topological polar surface area (TPSA) is 112 Å². The van der Waals surface area contributed by atoms with Crippen LogP contribution in [0.25, 0.3) is 0 Å². The van der Waals surface area contributed by atoms with Gasteiger partial charge in [0.1, 0.15) is 0 Å². The molecular formula is C30H30ClN9O2. The summed E-state index contributed by atoms with van der Waals surface area (Å²) in [6.07, 6.45) is 6.76. The highest BCUT2D eigenvalue weighted by molar-refractivity contribution is 6.32. The van der Waals surface area contributed by atoms with E-state index >= 15 is 0 Å². The van der Waals surface area contributed by atoms with Gasteiger partial charge in [-0.3, -0.25) is 14.4 Å². The van der Waals surface area contributed by atoms with Gasteiger partial charge in [-0.2, -0.15) is 10.1 Å². The molecule has 2 N–H and O–H groups in total. The van der Waals surface area contributed by atoms with E-state index in [2.05, 4.69) is 39.2 Å². The van der Waals surface area contributed by atoms with Gasteiger partial charge < -0.3 is 15.5 Å². The van der Waals surface area contributed by atoms with E-state index in [4.69, 9.17) is 16.6 Å². The lowest BCUT2D eigenvalue weighted by Gasteiger charge is -2.36. The third-order valence-corrected chi connectivity index (χ3v) is 7.70. The average molecular weight is 584 g/mol. The van der Waals surface area contributed by atoms with Crippen LogP contribution in [0.2, 0.25) is 5.15 Å². The standard InChI is InChI=1S/C30H30ClN9O2/c1-3-26(41)33-21-8-7-11-24(16-21)40-28-20(18-38(30(40)42)22-9-5-4-6-10-22)17-32-29(35-28)34-25-19-39(36-27(25)31)23-12-14-37(2)15-13-23/h3-11,16-17,19,23H,1,12-15,18H2,2H3,(H,33,41)(H,32,34,35). The second kappa shape index (κ2) is 11.6. The van der Waals surface area contributed by atoms with Gasteiger partial charge in [0, 0.05) is 23.1 Å². The predicted molar refractivity (Wildman–Crippen MR) is 164 cm³/mol. The number of piperidine rings is 1. The van der Waals surface area contributed by atoms with Crippen LogP contribution < -0.4 is 20.4 Å². The predicted octanol–water partition coefficient (Wildman–Crippen LogP) is 5.74. The van der Waals surface area contributed by atoms with E-state index in [0.717, 1.165) is 37.2 Å². The molecule has 0 bridgehead atoms. The average Bonchev–Trinajstić information content (AvgIpc) is 3.37. The zero-order chi connectivity index (χ0) is 29.2. The SMILES string of the molecule is C=CC(=O)Nc1cccc(N2C(=O)N(c3ccccc3)Cc3cnc(Nc4cn(C5CCN(C)CC5)nc4Cl)nc32)c1. The molecule has 0 aliphatic carbocycles. The molecule has 1 saturated heterocycles. The highest BCUT2D eigenvalue weighted by Crippen LogP contribution is 2.37. The Morgan fingerprint density at radius 2 is 1.86 bits per heavy atom. The molecule has 2 aliphatic rings. The zero-order valence-electron chi connectivity index (χ0n) is 23.1. The number of carbonyl (C=O) groups excluding carboxylic acids is 2. The van der Waals surface area contributed by atoms with Gasteiger partial charge in [-0.15, -0.1) is 0 Å².